The van der Waals surface area contributed by atoms with Crippen LogP contribution < -0.4 is 0 Å². The summed E-state index contributed by atoms with van der Waals surface area (Å²) in [6.07, 6.45) is 3.75. The molecule has 1 spiro atoms. The van der Waals surface area contributed by atoms with E-state index in [0.29, 0.717) is 24.8 Å². The van der Waals surface area contributed by atoms with E-state index in [0.717, 1.165) is 37.0 Å². The first kappa shape index (κ1) is 21.3. The molecule has 0 radical (unpaired) electrons. The molecule has 2 amide bonds. The van der Waals surface area contributed by atoms with Gasteiger partial charge in [-0.25, -0.2) is 23.6 Å². The van der Waals surface area contributed by atoms with Gasteiger partial charge in [-0.1, -0.05) is 49.7 Å². The number of carbonyl (C=O) groups is 2. The van der Waals surface area contributed by atoms with E-state index >= 15 is 0 Å². The lowest BCUT2D eigenvalue weighted by molar-refractivity contribution is -0.174. The molecule has 1 saturated carbocycles. The zero-order valence-electron chi connectivity index (χ0n) is 17.5. The van der Waals surface area contributed by atoms with Crippen LogP contribution in [-0.2, 0) is 16.1 Å². The van der Waals surface area contributed by atoms with Gasteiger partial charge in [0.15, 0.2) is 11.6 Å². The fraction of sp³-hybridized carbons (Fsp3) is 0.417. The summed E-state index contributed by atoms with van der Waals surface area (Å²) in [4.78, 5) is 26.7. The predicted molar refractivity (Wildman–Crippen MR) is 111 cm³/mol. The van der Waals surface area contributed by atoms with Crippen LogP contribution in [0.25, 0.3) is 0 Å². The first-order valence-electron chi connectivity index (χ1n) is 10.8. The highest BCUT2D eigenvalue weighted by atomic mass is 19.2. The zero-order chi connectivity index (χ0) is 22.0. The van der Waals surface area contributed by atoms with Crippen LogP contribution in [0.2, 0.25) is 0 Å². The minimum Gasteiger partial charge on any atom is -0.419 e. The molecule has 0 N–H and O–H groups in total. The molecular weight excluding hydrogens is 402 g/mol. The molecule has 31 heavy (non-hydrogen) atoms. The lowest BCUT2D eigenvalue weighted by Crippen LogP contribution is -2.55. The van der Waals surface area contributed by atoms with E-state index in [9.17, 15) is 18.4 Å². The molecule has 0 bridgehead atoms. The average Bonchev–Trinajstić information content (AvgIpc) is 3.02. The lowest BCUT2D eigenvalue weighted by Gasteiger charge is -2.41. The number of halogens is 2. The molecule has 0 aromatic heterocycles. The number of benzene rings is 2. The first-order chi connectivity index (χ1) is 14.9. The van der Waals surface area contributed by atoms with Gasteiger partial charge in [-0.15, -0.1) is 0 Å². The minimum absolute atomic E-state index is 0.0747. The van der Waals surface area contributed by atoms with Crippen LogP contribution in [0.3, 0.4) is 0 Å². The van der Waals surface area contributed by atoms with Crippen LogP contribution in [-0.4, -0.2) is 27.7 Å². The molecule has 2 aromatic carbocycles. The summed E-state index contributed by atoms with van der Waals surface area (Å²) in [5.41, 5.74) is 0.232. The number of rotatable bonds is 5. The number of carbonyl (C=O) groups excluding carboxylic acids is 2. The maximum absolute atomic E-state index is 13.8. The van der Waals surface area contributed by atoms with Crippen molar-refractivity contribution in [3.05, 3.63) is 71.3 Å². The van der Waals surface area contributed by atoms with Crippen molar-refractivity contribution in [1.82, 2.24) is 10.0 Å². The highest BCUT2D eigenvalue weighted by molar-refractivity contribution is 5.87. The minimum atomic E-state index is -1.02. The zero-order valence-corrected chi connectivity index (χ0v) is 17.5. The normalized spacial score (nSPS) is 18.9. The molecule has 1 heterocycles. The number of hydrogen-bond acceptors (Lipinski definition) is 3. The van der Waals surface area contributed by atoms with Crippen molar-refractivity contribution >= 4 is 12.0 Å². The number of hydrazine groups is 1. The monoisotopic (exact) mass is 428 g/mol. The number of nitrogens with zero attached hydrogens (tertiary/aromatic N) is 2. The standard InChI is InChI=1S/C24H26F2N2O3/c1-2-19(18-9-5-3-6-10-18)22(29)28-24(13-7-4-8-14-24)31-23(30)27(28)16-17-11-12-20(25)21(26)15-17/h3,5-6,9-12,15,19H,2,4,7-8,13-14,16H2,1H3. The van der Waals surface area contributed by atoms with E-state index in [4.69, 9.17) is 4.74 Å². The largest absolute Gasteiger partial charge is 0.431 e. The third-order valence-electron chi connectivity index (χ3n) is 6.18. The number of ether oxygens (including phenoxy) is 1. The summed E-state index contributed by atoms with van der Waals surface area (Å²) in [6.45, 7) is 1.86. The Hall–Kier alpha value is -2.96. The lowest BCUT2D eigenvalue weighted by atomic mass is 9.89. The fourth-order valence-corrected chi connectivity index (χ4v) is 4.63. The molecule has 5 nitrogen and oxygen atoms in total. The van der Waals surface area contributed by atoms with Gasteiger partial charge in [0, 0.05) is 12.8 Å². The summed E-state index contributed by atoms with van der Waals surface area (Å²) < 4.78 is 33.0. The smallest absolute Gasteiger partial charge is 0.419 e. The second kappa shape index (κ2) is 8.65. The summed E-state index contributed by atoms with van der Waals surface area (Å²) in [7, 11) is 0. The van der Waals surface area contributed by atoms with E-state index in [1.54, 1.807) is 0 Å². The molecule has 2 aromatic rings. The van der Waals surface area contributed by atoms with Gasteiger partial charge in [-0.05, 0) is 42.5 Å². The Balaban J connectivity index is 1.71. The van der Waals surface area contributed by atoms with Gasteiger partial charge >= 0.3 is 6.09 Å². The van der Waals surface area contributed by atoms with Gasteiger partial charge in [0.25, 0.3) is 5.91 Å². The van der Waals surface area contributed by atoms with E-state index in [1.165, 1.54) is 16.1 Å². The summed E-state index contributed by atoms with van der Waals surface area (Å²) >= 11 is 0. The van der Waals surface area contributed by atoms with E-state index in [2.05, 4.69) is 0 Å². The maximum Gasteiger partial charge on any atom is 0.431 e. The van der Waals surface area contributed by atoms with Gasteiger partial charge in [-0.2, -0.15) is 0 Å². The van der Waals surface area contributed by atoms with Crippen molar-refractivity contribution in [2.45, 2.75) is 63.6 Å². The topological polar surface area (TPSA) is 49.9 Å². The predicted octanol–water partition coefficient (Wildman–Crippen LogP) is 5.51. The molecule has 1 aliphatic heterocycles. The third-order valence-corrected chi connectivity index (χ3v) is 6.18. The van der Waals surface area contributed by atoms with Gasteiger partial charge in [0.1, 0.15) is 0 Å². The van der Waals surface area contributed by atoms with Crippen LogP contribution in [0, 0.1) is 11.6 Å². The molecule has 1 aliphatic carbocycles. The van der Waals surface area contributed by atoms with Crippen molar-refractivity contribution in [2.24, 2.45) is 0 Å². The van der Waals surface area contributed by atoms with Crippen molar-refractivity contribution < 1.29 is 23.1 Å². The molecule has 4 rings (SSSR count). The highest BCUT2D eigenvalue weighted by Crippen LogP contribution is 2.43. The molecule has 1 unspecified atom stereocenters. The third kappa shape index (κ3) is 4.01. The van der Waals surface area contributed by atoms with Crippen LogP contribution in [0.15, 0.2) is 48.5 Å². The van der Waals surface area contributed by atoms with Crippen molar-refractivity contribution in [1.29, 1.82) is 0 Å². The Bertz CT molecular complexity index is 961. The Labute approximate surface area is 180 Å². The molecule has 1 saturated heterocycles. The second-order valence-electron chi connectivity index (χ2n) is 8.20. The van der Waals surface area contributed by atoms with Crippen molar-refractivity contribution in [3.63, 3.8) is 0 Å². The van der Waals surface area contributed by atoms with Gasteiger partial charge in [0.2, 0.25) is 5.72 Å². The van der Waals surface area contributed by atoms with Crippen molar-refractivity contribution in [3.8, 4) is 0 Å². The molecule has 2 fully saturated rings. The van der Waals surface area contributed by atoms with Crippen LogP contribution in [0.4, 0.5) is 13.6 Å². The fourth-order valence-electron chi connectivity index (χ4n) is 4.63. The summed E-state index contributed by atoms with van der Waals surface area (Å²) in [6, 6.07) is 12.9. The molecule has 164 valence electrons. The van der Waals surface area contributed by atoms with Crippen LogP contribution >= 0.6 is 0 Å². The molecule has 7 heteroatoms. The van der Waals surface area contributed by atoms with E-state index in [-0.39, 0.29) is 12.5 Å². The van der Waals surface area contributed by atoms with Crippen LogP contribution in [0.5, 0.6) is 0 Å². The molecule has 1 atom stereocenters. The Morgan fingerprint density at radius 3 is 2.42 bits per heavy atom. The van der Waals surface area contributed by atoms with Gasteiger partial charge in [-0.3, -0.25) is 4.79 Å². The maximum atomic E-state index is 13.8. The van der Waals surface area contributed by atoms with Gasteiger partial charge < -0.3 is 4.74 Å². The van der Waals surface area contributed by atoms with E-state index in [1.807, 2.05) is 37.3 Å². The Morgan fingerprint density at radius 2 is 1.77 bits per heavy atom. The van der Waals surface area contributed by atoms with Crippen molar-refractivity contribution in [2.75, 3.05) is 0 Å². The molecular formula is C24H26F2N2O3. The van der Waals surface area contributed by atoms with Gasteiger partial charge in [0.05, 0.1) is 12.5 Å². The molecule has 2 aliphatic rings. The summed E-state index contributed by atoms with van der Waals surface area (Å²) in [5.74, 6) is -2.61. The SMILES string of the molecule is CCC(C(=O)N1N(Cc2ccc(F)c(F)c2)C(=O)OC12CCCCC2)c1ccccc1. The number of hydrogen-bond donors (Lipinski definition) is 0. The quantitative estimate of drug-likeness (QED) is 0.631. The van der Waals surface area contributed by atoms with E-state index < -0.39 is 29.4 Å². The highest BCUT2D eigenvalue weighted by Gasteiger charge is 2.55. The Kier molecular flexibility index (Phi) is 5.94. The van der Waals surface area contributed by atoms with Crippen LogP contribution in [0.1, 0.15) is 62.5 Å². The Morgan fingerprint density at radius 1 is 1.06 bits per heavy atom. The number of amides is 2. The first-order valence-corrected chi connectivity index (χ1v) is 10.8. The second-order valence-corrected chi connectivity index (χ2v) is 8.20. The average molecular weight is 428 g/mol. The summed E-state index contributed by atoms with van der Waals surface area (Å²) in [5, 5.41) is 2.73.